The van der Waals surface area contributed by atoms with Crippen LogP contribution in [-0.4, -0.2) is 33.2 Å². The van der Waals surface area contributed by atoms with Crippen LogP contribution in [0.5, 0.6) is 0 Å². The van der Waals surface area contributed by atoms with Gasteiger partial charge in [-0.2, -0.15) is 10.1 Å². The molecule has 0 aliphatic carbocycles. The van der Waals surface area contributed by atoms with E-state index in [1.54, 1.807) is 12.1 Å². The molecule has 0 spiro atoms. The van der Waals surface area contributed by atoms with Crippen molar-refractivity contribution in [3.63, 3.8) is 0 Å². The molecule has 2 aromatic carbocycles. The molecule has 0 fully saturated rings. The number of carbonyl (C=O) groups is 2. The fourth-order valence-electron chi connectivity index (χ4n) is 2.42. The van der Waals surface area contributed by atoms with Gasteiger partial charge in [-0.1, -0.05) is 36.0 Å². The summed E-state index contributed by atoms with van der Waals surface area (Å²) < 4.78 is 26.2. The molecule has 6 nitrogen and oxygen atoms in total. The van der Waals surface area contributed by atoms with Crippen molar-refractivity contribution in [1.82, 2.24) is 10.0 Å². The largest absolute Gasteiger partial charge is 0.273 e. The van der Waals surface area contributed by atoms with Crippen LogP contribution < -0.4 is 0 Å². The molecule has 1 aliphatic heterocycles. The van der Waals surface area contributed by atoms with E-state index in [4.69, 9.17) is 0 Å². The van der Waals surface area contributed by atoms with Gasteiger partial charge in [-0.15, -0.1) is 5.10 Å². The maximum Gasteiger partial charge on any atom is 0.246 e. The molecule has 0 aromatic heterocycles. The first-order valence-electron chi connectivity index (χ1n) is 8.26. The molecule has 2 aromatic rings. The number of thioether (sulfide) groups is 1. The van der Waals surface area contributed by atoms with Gasteiger partial charge in [-0.25, -0.2) is 13.8 Å². The number of benzene rings is 2. The molecule has 144 valence electrons. The zero-order chi connectivity index (χ0) is 20.3. The van der Waals surface area contributed by atoms with Crippen molar-refractivity contribution in [2.45, 2.75) is 19.2 Å². The standard InChI is InChI=1S/C19H16F2N4O2S/c1-12(26)24-18(15-5-9-17(21)10-6-15)28-19(23-24)25(13(2)27)22-11-14-3-7-16(20)8-4-14/h3-11,18H,1-2H3/b22-11-/t18-/m0/s1. The maximum absolute atomic E-state index is 13.2. The fourth-order valence-corrected chi connectivity index (χ4v) is 3.62. The number of amidine groups is 1. The summed E-state index contributed by atoms with van der Waals surface area (Å²) in [4.78, 5) is 24.1. The lowest BCUT2D eigenvalue weighted by atomic mass is 10.2. The van der Waals surface area contributed by atoms with Crippen LogP contribution in [0.15, 0.2) is 58.7 Å². The van der Waals surface area contributed by atoms with Gasteiger partial charge in [-0.05, 0) is 35.4 Å². The zero-order valence-corrected chi connectivity index (χ0v) is 15.9. The van der Waals surface area contributed by atoms with Gasteiger partial charge in [0.15, 0.2) is 0 Å². The number of nitrogens with zero attached hydrogens (tertiary/aromatic N) is 4. The highest BCUT2D eigenvalue weighted by Crippen LogP contribution is 2.40. The lowest BCUT2D eigenvalue weighted by molar-refractivity contribution is -0.130. The predicted molar refractivity (Wildman–Crippen MR) is 103 cm³/mol. The average Bonchev–Trinajstić information content (AvgIpc) is 3.09. The third kappa shape index (κ3) is 4.42. The van der Waals surface area contributed by atoms with E-state index in [9.17, 15) is 18.4 Å². The second-order valence-corrected chi connectivity index (χ2v) is 6.94. The molecule has 9 heteroatoms. The summed E-state index contributed by atoms with van der Waals surface area (Å²) in [7, 11) is 0. The van der Waals surface area contributed by atoms with Crippen molar-refractivity contribution in [3.8, 4) is 0 Å². The summed E-state index contributed by atoms with van der Waals surface area (Å²) in [5.74, 6) is -1.51. The molecule has 0 bridgehead atoms. The van der Waals surface area contributed by atoms with Crippen molar-refractivity contribution in [3.05, 3.63) is 71.3 Å². The minimum atomic E-state index is -0.545. The number of amides is 2. The van der Waals surface area contributed by atoms with Crippen molar-refractivity contribution >= 4 is 35.0 Å². The second-order valence-electron chi connectivity index (χ2n) is 5.89. The van der Waals surface area contributed by atoms with Gasteiger partial charge in [0.1, 0.15) is 17.0 Å². The topological polar surface area (TPSA) is 65.3 Å². The van der Waals surface area contributed by atoms with E-state index in [1.807, 2.05) is 0 Å². The molecule has 0 radical (unpaired) electrons. The van der Waals surface area contributed by atoms with Gasteiger partial charge < -0.3 is 0 Å². The number of rotatable bonds is 3. The molecular weight excluding hydrogens is 386 g/mol. The van der Waals surface area contributed by atoms with Crippen molar-refractivity contribution in [2.75, 3.05) is 0 Å². The summed E-state index contributed by atoms with van der Waals surface area (Å²) in [6.45, 7) is 2.66. The Kier molecular flexibility index (Phi) is 5.84. The first-order valence-corrected chi connectivity index (χ1v) is 9.14. The number of hydrogen-bond donors (Lipinski definition) is 0. The Labute approximate surface area is 164 Å². The van der Waals surface area contributed by atoms with Crippen LogP contribution in [0.4, 0.5) is 8.78 Å². The summed E-state index contributed by atoms with van der Waals surface area (Å²) in [5.41, 5.74) is 1.25. The zero-order valence-electron chi connectivity index (χ0n) is 15.0. The van der Waals surface area contributed by atoms with E-state index in [-0.39, 0.29) is 16.9 Å². The number of carbonyl (C=O) groups excluding carboxylic acids is 2. The van der Waals surface area contributed by atoms with Crippen LogP contribution >= 0.6 is 11.8 Å². The summed E-state index contributed by atoms with van der Waals surface area (Å²) in [6.07, 6.45) is 1.40. The van der Waals surface area contributed by atoms with E-state index in [2.05, 4.69) is 10.2 Å². The van der Waals surface area contributed by atoms with E-state index in [1.165, 1.54) is 61.5 Å². The van der Waals surface area contributed by atoms with Gasteiger partial charge >= 0.3 is 0 Å². The van der Waals surface area contributed by atoms with E-state index >= 15 is 0 Å². The van der Waals surface area contributed by atoms with Gasteiger partial charge in [0.05, 0.1) is 6.21 Å². The molecule has 1 aliphatic rings. The summed E-state index contributed by atoms with van der Waals surface area (Å²) >= 11 is 1.14. The Bertz CT molecular complexity index is 945. The van der Waals surface area contributed by atoms with Gasteiger partial charge in [-0.3, -0.25) is 9.59 Å². The van der Waals surface area contributed by atoms with Crippen LogP contribution in [0.25, 0.3) is 0 Å². The molecule has 1 atom stereocenters. The highest BCUT2D eigenvalue weighted by molar-refractivity contribution is 8.14. The molecule has 0 N–H and O–H groups in total. The van der Waals surface area contributed by atoms with E-state index in [0.29, 0.717) is 11.1 Å². The SMILES string of the molecule is CC(=O)N(/N=C\c1ccc(F)cc1)C1=NN(C(C)=O)[C@H](c2ccc(F)cc2)S1. The Morgan fingerprint density at radius 3 is 2.18 bits per heavy atom. The molecule has 3 rings (SSSR count). The number of halogens is 2. The van der Waals surface area contributed by atoms with Gasteiger partial charge in [0.25, 0.3) is 0 Å². The Hall–Kier alpha value is -3.07. The average molecular weight is 402 g/mol. The van der Waals surface area contributed by atoms with Crippen molar-refractivity contribution in [2.24, 2.45) is 10.2 Å². The quantitative estimate of drug-likeness (QED) is 0.581. The molecule has 0 saturated heterocycles. The highest BCUT2D eigenvalue weighted by Gasteiger charge is 2.35. The Morgan fingerprint density at radius 1 is 1.07 bits per heavy atom. The maximum atomic E-state index is 13.2. The van der Waals surface area contributed by atoms with Crippen LogP contribution in [0.1, 0.15) is 30.3 Å². The third-order valence-electron chi connectivity index (χ3n) is 3.78. The van der Waals surface area contributed by atoms with Gasteiger partial charge in [0.2, 0.25) is 17.0 Å². The lowest BCUT2D eigenvalue weighted by Crippen LogP contribution is -2.27. The van der Waals surface area contributed by atoms with Crippen LogP contribution in [-0.2, 0) is 9.59 Å². The van der Waals surface area contributed by atoms with Crippen LogP contribution in [0.2, 0.25) is 0 Å². The Balaban J connectivity index is 1.87. The predicted octanol–water partition coefficient (Wildman–Crippen LogP) is 3.71. The monoisotopic (exact) mass is 402 g/mol. The van der Waals surface area contributed by atoms with Crippen LogP contribution in [0, 0.1) is 11.6 Å². The molecule has 2 amide bonds. The molecule has 28 heavy (non-hydrogen) atoms. The first-order chi connectivity index (χ1) is 13.3. The lowest BCUT2D eigenvalue weighted by Gasteiger charge is -2.19. The smallest absolute Gasteiger partial charge is 0.246 e. The number of hydrazone groups is 2. The van der Waals surface area contributed by atoms with Crippen LogP contribution in [0.3, 0.4) is 0 Å². The molecular formula is C19H16F2N4O2S. The summed E-state index contributed by atoms with van der Waals surface area (Å²) in [6, 6.07) is 11.3. The Morgan fingerprint density at radius 2 is 1.64 bits per heavy atom. The second kappa shape index (κ2) is 8.30. The summed E-state index contributed by atoms with van der Waals surface area (Å²) in [5, 5.41) is 10.3. The van der Waals surface area contributed by atoms with Crippen molar-refractivity contribution < 1.29 is 18.4 Å². The minimum absolute atomic E-state index is 0.204. The third-order valence-corrected chi connectivity index (χ3v) is 4.94. The van der Waals surface area contributed by atoms with E-state index in [0.717, 1.165) is 16.8 Å². The highest BCUT2D eigenvalue weighted by atomic mass is 32.2. The molecule has 0 saturated carbocycles. The first kappa shape index (κ1) is 19.7. The molecule has 0 unspecified atom stereocenters. The van der Waals surface area contributed by atoms with E-state index < -0.39 is 17.1 Å². The number of hydrogen-bond acceptors (Lipinski definition) is 5. The van der Waals surface area contributed by atoms with Crippen molar-refractivity contribution in [1.29, 1.82) is 0 Å². The normalized spacial score (nSPS) is 16.4. The fraction of sp³-hybridized carbons (Fsp3) is 0.158. The van der Waals surface area contributed by atoms with Gasteiger partial charge in [0, 0.05) is 13.8 Å². The minimum Gasteiger partial charge on any atom is -0.273 e. The molecule has 1 heterocycles.